The van der Waals surface area contributed by atoms with Gasteiger partial charge in [-0.25, -0.2) is 4.90 Å². The number of para-hydroxylation sites is 2. The van der Waals surface area contributed by atoms with Crippen LogP contribution in [0, 0.1) is 13.8 Å². The van der Waals surface area contributed by atoms with Gasteiger partial charge in [-0.05, 0) is 61.4 Å². The molecule has 0 radical (unpaired) electrons. The van der Waals surface area contributed by atoms with Crippen LogP contribution in [0.15, 0.2) is 77.5 Å². The molecule has 166 valence electrons. The highest BCUT2D eigenvalue weighted by atomic mass is 35.5. The van der Waals surface area contributed by atoms with Gasteiger partial charge in [-0.2, -0.15) is 0 Å². The minimum absolute atomic E-state index is 0.0568. The fraction of sp³-hybridized carbons (Fsp3) is 0.0800. The summed E-state index contributed by atoms with van der Waals surface area (Å²) < 4.78 is 0. The van der Waals surface area contributed by atoms with E-state index < -0.39 is 17.7 Å². The predicted octanol–water partition coefficient (Wildman–Crippen LogP) is 4.70. The number of nitrogens with one attached hydrogen (secondary N) is 2. The number of halogens is 1. The molecule has 0 fully saturated rings. The van der Waals surface area contributed by atoms with Crippen LogP contribution in [0.4, 0.5) is 17.1 Å². The Kier molecular flexibility index (Phi) is 5.89. The second-order valence-electron chi connectivity index (χ2n) is 7.53. The second-order valence-corrected chi connectivity index (χ2v) is 7.91. The Bertz CT molecular complexity index is 1330. The predicted molar refractivity (Wildman–Crippen MR) is 127 cm³/mol. The standard InChI is InChI=1S/C25H20ClN3O4/c1-14-7-5-11-19(15(14)2)29-24(32)21(26)22(25(29)33)27-17-9-6-8-16(13-17)23(31)28-18-10-3-4-12-20(18)30/h3-13,27,30H,1-2H3,(H,28,31). The van der Waals surface area contributed by atoms with E-state index in [1.807, 2.05) is 19.9 Å². The Morgan fingerprint density at radius 3 is 2.42 bits per heavy atom. The summed E-state index contributed by atoms with van der Waals surface area (Å²) in [6.07, 6.45) is 0. The van der Waals surface area contributed by atoms with Gasteiger partial charge >= 0.3 is 0 Å². The van der Waals surface area contributed by atoms with Gasteiger partial charge in [0.2, 0.25) is 0 Å². The Hall–Kier alpha value is -4.10. The molecule has 33 heavy (non-hydrogen) atoms. The van der Waals surface area contributed by atoms with E-state index in [2.05, 4.69) is 10.6 Å². The zero-order valence-electron chi connectivity index (χ0n) is 17.8. The molecule has 0 aliphatic carbocycles. The van der Waals surface area contributed by atoms with Gasteiger partial charge in [-0.15, -0.1) is 0 Å². The number of imide groups is 1. The van der Waals surface area contributed by atoms with Gasteiger partial charge < -0.3 is 15.7 Å². The molecule has 1 aliphatic rings. The lowest BCUT2D eigenvalue weighted by Gasteiger charge is -2.18. The summed E-state index contributed by atoms with van der Waals surface area (Å²) in [5.41, 5.74) is 3.09. The van der Waals surface area contributed by atoms with Crippen molar-refractivity contribution >= 4 is 46.4 Å². The molecular formula is C25H20ClN3O4. The van der Waals surface area contributed by atoms with Crippen molar-refractivity contribution in [3.8, 4) is 5.75 Å². The van der Waals surface area contributed by atoms with E-state index in [0.29, 0.717) is 11.4 Å². The number of hydrogen-bond acceptors (Lipinski definition) is 5. The zero-order chi connectivity index (χ0) is 23.7. The summed E-state index contributed by atoms with van der Waals surface area (Å²) in [7, 11) is 0. The van der Waals surface area contributed by atoms with Gasteiger partial charge in [0.05, 0.1) is 11.4 Å². The van der Waals surface area contributed by atoms with Gasteiger partial charge in [0.15, 0.2) is 0 Å². The Balaban J connectivity index is 1.57. The average molecular weight is 462 g/mol. The highest BCUT2D eigenvalue weighted by Gasteiger charge is 2.39. The maximum absolute atomic E-state index is 13.1. The van der Waals surface area contributed by atoms with E-state index in [1.165, 1.54) is 12.1 Å². The fourth-order valence-corrected chi connectivity index (χ4v) is 3.68. The summed E-state index contributed by atoms with van der Waals surface area (Å²) in [6.45, 7) is 3.72. The maximum Gasteiger partial charge on any atom is 0.283 e. The third-order valence-corrected chi connectivity index (χ3v) is 5.74. The van der Waals surface area contributed by atoms with Gasteiger partial charge in [-0.3, -0.25) is 14.4 Å². The normalized spacial score (nSPS) is 13.5. The van der Waals surface area contributed by atoms with Crippen molar-refractivity contribution in [3.63, 3.8) is 0 Å². The average Bonchev–Trinajstić information content (AvgIpc) is 3.00. The molecule has 0 saturated heterocycles. The molecule has 3 aromatic rings. The summed E-state index contributed by atoms with van der Waals surface area (Å²) >= 11 is 6.24. The highest BCUT2D eigenvalue weighted by molar-refractivity contribution is 6.53. The largest absolute Gasteiger partial charge is 0.506 e. The highest BCUT2D eigenvalue weighted by Crippen LogP contribution is 2.33. The Labute approximate surface area is 195 Å². The van der Waals surface area contributed by atoms with Crippen molar-refractivity contribution in [2.45, 2.75) is 13.8 Å². The van der Waals surface area contributed by atoms with Gasteiger partial charge in [0.25, 0.3) is 17.7 Å². The summed E-state index contributed by atoms with van der Waals surface area (Å²) in [4.78, 5) is 39.5. The number of anilines is 3. The lowest BCUT2D eigenvalue weighted by Crippen LogP contribution is -2.33. The van der Waals surface area contributed by atoms with Crippen LogP contribution in [-0.2, 0) is 9.59 Å². The van der Waals surface area contributed by atoms with Gasteiger partial charge in [0, 0.05) is 11.3 Å². The quantitative estimate of drug-likeness (QED) is 0.378. The lowest BCUT2D eigenvalue weighted by molar-refractivity contribution is -0.120. The number of aromatic hydroxyl groups is 1. The molecule has 8 heteroatoms. The number of rotatable bonds is 5. The second kappa shape index (κ2) is 8.80. The van der Waals surface area contributed by atoms with Crippen molar-refractivity contribution in [2.24, 2.45) is 0 Å². The third-order valence-electron chi connectivity index (χ3n) is 5.39. The summed E-state index contributed by atoms with van der Waals surface area (Å²) in [5.74, 6) is -1.71. The number of carbonyl (C=O) groups is 3. The monoisotopic (exact) mass is 461 g/mol. The van der Waals surface area contributed by atoms with E-state index in [-0.39, 0.29) is 27.7 Å². The first-order valence-electron chi connectivity index (χ1n) is 10.1. The van der Waals surface area contributed by atoms with Crippen LogP contribution < -0.4 is 15.5 Å². The first-order valence-corrected chi connectivity index (χ1v) is 10.5. The maximum atomic E-state index is 13.1. The SMILES string of the molecule is Cc1cccc(N2C(=O)C(Cl)=C(Nc3cccc(C(=O)Nc4ccccc4O)c3)C2=O)c1C. The Morgan fingerprint density at radius 2 is 1.67 bits per heavy atom. The molecule has 3 amide bonds. The molecule has 0 spiro atoms. The van der Waals surface area contributed by atoms with E-state index in [4.69, 9.17) is 11.6 Å². The number of hydrogen-bond donors (Lipinski definition) is 3. The van der Waals surface area contributed by atoms with Crippen LogP contribution in [0.3, 0.4) is 0 Å². The molecule has 0 bridgehead atoms. The summed E-state index contributed by atoms with van der Waals surface area (Å²) in [5, 5.41) is 15.1. The fourth-order valence-electron chi connectivity index (χ4n) is 3.46. The molecule has 7 nitrogen and oxygen atoms in total. The minimum atomic E-state index is -0.619. The molecule has 0 aromatic heterocycles. The first kappa shape index (κ1) is 22.1. The number of carbonyl (C=O) groups excluding carboxylic acids is 3. The molecule has 0 saturated carbocycles. The van der Waals surface area contributed by atoms with E-state index in [9.17, 15) is 19.5 Å². The number of benzene rings is 3. The van der Waals surface area contributed by atoms with Crippen molar-refractivity contribution < 1.29 is 19.5 Å². The van der Waals surface area contributed by atoms with Gasteiger partial charge in [0.1, 0.15) is 16.5 Å². The zero-order valence-corrected chi connectivity index (χ0v) is 18.6. The van der Waals surface area contributed by atoms with Crippen LogP contribution in [0.25, 0.3) is 0 Å². The molecular weight excluding hydrogens is 442 g/mol. The molecule has 0 unspecified atom stereocenters. The molecule has 1 aliphatic heterocycles. The summed E-state index contributed by atoms with van der Waals surface area (Å²) in [6, 6.07) is 18.1. The van der Waals surface area contributed by atoms with Crippen molar-refractivity contribution in [1.82, 2.24) is 0 Å². The van der Waals surface area contributed by atoms with Crippen LogP contribution in [0.1, 0.15) is 21.5 Å². The number of phenols is 1. The molecule has 3 N–H and O–H groups in total. The third kappa shape index (κ3) is 4.18. The molecule has 1 heterocycles. The van der Waals surface area contributed by atoms with E-state index in [0.717, 1.165) is 16.0 Å². The van der Waals surface area contributed by atoms with Crippen LogP contribution in [0.2, 0.25) is 0 Å². The smallest absolute Gasteiger partial charge is 0.283 e. The van der Waals surface area contributed by atoms with Crippen LogP contribution in [0.5, 0.6) is 5.75 Å². The van der Waals surface area contributed by atoms with Crippen molar-refractivity contribution in [2.75, 3.05) is 15.5 Å². The number of aryl methyl sites for hydroxylation is 1. The van der Waals surface area contributed by atoms with Crippen LogP contribution in [-0.4, -0.2) is 22.8 Å². The van der Waals surface area contributed by atoms with Gasteiger partial charge in [-0.1, -0.05) is 41.9 Å². The topological polar surface area (TPSA) is 98.7 Å². The van der Waals surface area contributed by atoms with Crippen molar-refractivity contribution in [1.29, 1.82) is 0 Å². The molecule has 4 rings (SSSR count). The van der Waals surface area contributed by atoms with Crippen LogP contribution >= 0.6 is 11.6 Å². The minimum Gasteiger partial charge on any atom is -0.506 e. The molecule has 3 aromatic carbocycles. The Morgan fingerprint density at radius 1 is 0.939 bits per heavy atom. The lowest BCUT2D eigenvalue weighted by atomic mass is 10.1. The van der Waals surface area contributed by atoms with E-state index in [1.54, 1.807) is 48.5 Å². The first-order chi connectivity index (χ1) is 15.8. The molecule has 0 atom stereocenters. The van der Waals surface area contributed by atoms with E-state index >= 15 is 0 Å². The van der Waals surface area contributed by atoms with Crippen molar-refractivity contribution in [3.05, 3.63) is 94.1 Å². The number of nitrogens with zero attached hydrogens (tertiary/aromatic N) is 1. The number of phenolic OH excluding ortho intramolecular Hbond substituents is 1. The number of amides is 3.